The Hall–Kier alpha value is -1.00. The fraction of sp³-hybridized carbons (Fsp3) is 0.364. The third-order valence-electron chi connectivity index (χ3n) is 3.30. The summed E-state index contributed by atoms with van der Waals surface area (Å²) < 4.78 is 27.5. The van der Waals surface area contributed by atoms with E-state index in [0.29, 0.717) is 5.56 Å². The van der Waals surface area contributed by atoms with E-state index in [0.717, 1.165) is 20.8 Å². The molecule has 31 heavy (non-hydrogen) atoms. The van der Waals surface area contributed by atoms with Crippen LogP contribution in [0.2, 0.25) is 0 Å². The molecular weight excluding hydrogens is 564 g/mol. The predicted molar refractivity (Wildman–Crippen MR) is 141 cm³/mol. The van der Waals surface area contributed by atoms with Gasteiger partial charge in [0.25, 0.3) is 0 Å². The molecule has 2 aromatic carbocycles. The van der Waals surface area contributed by atoms with Crippen molar-refractivity contribution in [1.82, 2.24) is 0 Å². The quantitative estimate of drug-likeness (QED) is 0.349. The molecule has 0 heterocycles. The lowest BCUT2D eigenvalue weighted by molar-refractivity contribution is 0.112. The molecular formula is C22H30Br2N2O3S2. The van der Waals surface area contributed by atoms with Crippen LogP contribution in [0.25, 0.3) is 0 Å². The van der Waals surface area contributed by atoms with E-state index in [4.69, 9.17) is 5.14 Å². The van der Waals surface area contributed by atoms with Gasteiger partial charge in [-0.1, -0.05) is 56.1 Å². The second kappa shape index (κ2) is 14.2. The number of aldehydes is 1. The number of halogens is 2. The van der Waals surface area contributed by atoms with Crippen molar-refractivity contribution in [3.63, 3.8) is 0 Å². The second-order valence-electron chi connectivity index (χ2n) is 8.23. The summed E-state index contributed by atoms with van der Waals surface area (Å²) >= 11 is 6.61. The molecule has 0 amide bonds. The summed E-state index contributed by atoms with van der Waals surface area (Å²) in [6.07, 6.45) is 2.47. The van der Waals surface area contributed by atoms with Gasteiger partial charge in [0.15, 0.2) is 0 Å². The van der Waals surface area contributed by atoms with Crippen LogP contribution in [0.5, 0.6) is 0 Å². The Morgan fingerprint density at radius 2 is 1.13 bits per heavy atom. The number of hydrogen-bond donors (Lipinski definition) is 1. The number of rotatable bonds is 3. The zero-order valence-electron chi connectivity index (χ0n) is 18.6. The number of nitrogens with two attached hydrogens (primary N) is 1. The lowest BCUT2D eigenvalue weighted by Gasteiger charge is -2.12. The minimum Gasteiger partial charge on any atom is -0.298 e. The number of carbonyl (C=O) groups excluding carboxylic acids is 1. The Labute approximate surface area is 207 Å². The number of carbonyl (C=O) groups is 1. The highest BCUT2D eigenvalue weighted by molar-refractivity contribution is 9.10. The lowest BCUT2D eigenvalue weighted by Crippen LogP contribution is -2.27. The summed E-state index contributed by atoms with van der Waals surface area (Å²) in [6, 6.07) is 14.9. The SMILES string of the molecule is CC(C)(C)[S@@](=O)N=Cc1ccc(Br)cc1.CC(C)(C)[S@](N)=O.O=Cc1ccc(Br)cc1. The summed E-state index contributed by atoms with van der Waals surface area (Å²) in [4.78, 5) is 10.1. The molecule has 2 rings (SSSR count). The van der Waals surface area contributed by atoms with E-state index >= 15 is 0 Å². The summed E-state index contributed by atoms with van der Waals surface area (Å²) in [6.45, 7) is 11.2. The molecule has 0 spiro atoms. The van der Waals surface area contributed by atoms with E-state index in [-0.39, 0.29) is 9.49 Å². The molecule has 0 aliphatic carbocycles. The average Bonchev–Trinajstić information content (AvgIpc) is 2.67. The van der Waals surface area contributed by atoms with Crippen LogP contribution < -0.4 is 5.14 Å². The van der Waals surface area contributed by atoms with Gasteiger partial charge in [0.1, 0.15) is 17.3 Å². The summed E-state index contributed by atoms with van der Waals surface area (Å²) in [5.41, 5.74) is 1.66. The van der Waals surface area contributed by atoms with Crippen LogP contribution in [-0.4, -0.2) is 30.4 Å². The zero-order valence-corrected chi connectivity index (χ0v) is 23.4. The molecule has 0 saturated heterocycles. The molecule has 0 bridgehead atoms. The van der Waals surface area contributed by atoms with Gasteiger partial charge in [-0.2, -0.15) is 4.40 Å². The molecule has 0 fully saturated rings. The van der Waals surface area contributed by atoms with Gasteiger partial charge in [-0.3, -0.25) is 9.93 Å². The molecule has 0 radical (unpaired) electrons. The molecule has 0 aromatic heterocycles. The highest BCUT2D eigenvalue weighted by Gasteiger charge is 2.18. The van der Waals surface area contributed by atoms with Crippen molar-refractivity contribution in [3.05, 3.63) is 68.6 Å². The maximum Gasteiger partial charge on any atom is 0.150 e. The summed E-state index contributed by atoms with van der Waals surface area (Å²) in [5.74, 6) is 0. The van der Waals surface area contributed by atoms with Crippen LogP contribution in [0.3, 0.4) is 0 Å². The molecule has 172 valence electrons. The lowest BCUT2D eigenvalue weighted by atomic mass is 10.2. The topological polar surface area (TPSA) is 89.6 Å². The van der Waals surface area contributed by atoms with Crippen LogP contribution in [0.4, 0.5) is 0 Å². The number of hydrogen-bond acceptors (Lipinski definition) is 3. The van der Waals surface area contributed by atoms with Crippen LogP contribution >= 0.6 is 31.9 Å². The van der Waals surface area contributed by atoms with Crippen molar-refractivity contribution in [2.24, 2.45) is 9.54 Å². The smallest absolute Gasteiger partial charge is 0.150 e. The Morgan fingerprint density at radius 3 is 1.42 bits per heavy atom. The molecule has 0 aliphatic heterocycles. The van der Waals surface area contributed by atoms with Crippen molar-refractivity contribution in [2.75, 3.05) is 0 Å². The molecule has 9 heteroatoms. The van der Waals surface area contributed by atoms with Gasteiger partial charge in [0.05, 0.1) is 20.5 Å². The van der Waals surface area contributed by atoms with Crippen molar-refractivity contribution in [1.29, 1.82) is 0 Å². The minimum absolute atomic E-state index is 0.250. The summed E-state index contributed by atoms with van der Waals surface area (Å²) in [7, 11) is -2.37. The van der Waals surface area contributed by atoms with E-state index in [9.17, 15) is 13.2 Å². The molecule has 0 aliphatic rings. The van der Waals surface area contributed by atoms with Gasteiger partial charge in [0.2, 0.25) is 0 Å². The van der Waals surface area contributed by atoms with E-state index in [2.05, 4.69) is 36.3 Å². The first-order chi connectivity index (χ1) is 14.2. The van der Waals surface area contributed by atoms with Gasteiger partial charge in [-0.15, -0.1) is 0 Å². The Bertz CT molecular complexity index is 887. The molecule has 5 nitrogen and oxygen atoms in total. The molecule has 0 saturated carbocycles. The second-order valence-corrected chi connectivity index (χ2v) is 13.8. The molecule has 0 unspecified atom stereocenters. The standard InChI is InChI=1S/C11H14BrNOS.C7H5BrO.C4H11NOS/c1-11(2,3)15(14)13-8-9-4-6-10(12)7-5-9;8-7-3-1-6(5-9)2-4-7;1-4(2,3)7(5)6/h4-8H,1-3H3;1-5H;5H2,1-3H3/t15-;;7-/m1.1/s1. The zero-order chi connectivity index (χ0) is 24.2. The minimum atomic E-state index is -1.19. The average molecular weight is 594 g/mol. The highest BCUT2D eigenvalue weighted by Crippen LogP contribution is 2.13. The first kappa shape index (κ1) is 30.0. The first-order valence-corrected chi connectivity index (χ1v) is 13.2. The fourth-order valence-corrected chi connectivity index (χ4v) is 2.42. The van der Waals surface area contributed by atoms with Crippen molar-refractivity contribution >= 4 is 66.3 Å². The van der Waals surface area contributed by atoms with Crippen LogP contribution in [0.15, 0.2) is 61.9 Å². The van der Waals surface area contributed by atoms with E-state index < -0.39 is 22.0 Å². The predicted octanol–water partition coefficient (Wildman–Crippen LogP) is 6.00. The van der Waals surface area contributed by atoms with Crippen LogP contribution in [0.1, 0.15) is 57.5 Å². The largest absolute Gasteiger partial charge is 0.298 e. The monoisotopic (exact) mass is 592 g/mol. The van der Waals surface area contributed by atoms with Gasteiger partial charge in [0, 0.05) is 20.7 Å². The Morgan fingerprint density at radius 1 is 0.774 bits per heavy atom. The maximum absolute atomic E-state index is 11.6. The maximum atomic E-state index is 11.6. The number of benzene rings is 2. The van der Waals surface area contributed by atoms with Gasteiger partial charge in [-0.25, -0.2) is 8.42 Å². The van der Waals surface area contributed by atoms with E-state index in [1.165, 1.54) is 0 Å². The summed E-state index contributed by atoms with van der Waals surface area (Å²) in [5, 5.41) is 5.04. The van der Waals surface area contributed by atoms with Crippen molar-refractivity contribution < 1.29 is 13.2 Å². The molecule has 2 atom stereocenters. The van der Waals surface area contributed by atoms with Crippen molar-refractivity contribution in [2.45, 2.75) is 51.0 Å². The fourth-order valence-electron chi connectivity index (χ4n) is 1.36. The van der Waals surface area contributed by atoms with Crippen molar-refractivity contribution in [3.8, 4) is 0 Å². The van der Waals surface area contributed by atoms with E-state index in [1.54, 1.807) is 18.3 Å². The van der Waals surface area contributed by atoms with E-state index in [1.807, 2.05) is 77.9 Å². The van der Waals surface area contributed by atoms with Gasteiger partial charge >= 0.3 is 0 Å². The molecule has 2 N–H and O–H groups in total. The number of nitrogens with zero attached hydrogens (tertiary/aromatic N) is 1. The third-order valence-corrected chi connectivity index (χ3v) is 6.91. The van der Waals surface area contributed by atoms with Gasteiger partial charge in [-0.05, 0) is 71.4 Å². The van der Waals surface area contributed by atoms with Crippen LogP contribution in [-0.2, 0) is 22.0 Å². The molecule has 2 aromatic rings. The van der Waals surface area contributed by atoms with Crippen LogP contribution in [0, 0.1) is 0 Å². The van der Waals surface area contributed by atoms with Gasteiger partial charge < -0.3 is 0 Å². The highest BCUT2D eigenvalue weighted by atomic mass is 79.9. The Kier molecular flexibility index (Phi) is 13.8. The first-order valence-electron chi connectivity index (χ1n) is 9.25. The Balaban J connectivity index is 0.000000479. The third kappa shape index (κ3) is 14.6. The normalized spacial score (nSPS) is 13.3.